The largest absolute Gasteiger partial charge is 0.450 e. The molecule has 17 heavy (non-hydrogen) atoms. The highest BCUT2D eigenvalue weighted by Crippen LogP contribution is 2.18. The Bertz CT molecular complexity index is 294. The van der Waals surface area contributed by atoms with Gasteiger partial charge in [-0.15, -0.1) is 0 Å². The van der Waals surface area contributed by atoms with Gasteiger partial charge in [0, 0.05) is 13.1 Å². The number of hydrogen-bond donors (Lipinski definition) is 1. The third-order valence-corrected chi connectivity index (χ3v) is 3.61. The Balaban J connectivity index is 2.12. The third-order valence-electron chi connectivity index (χ3n) is 2.18. The van der Waals surface area contributed by atoms with Crippen molar-refractivity contribution in [3.63, 3.8) is 0 Å². The fourth-order valence-corrected chi connectivity index (χ4v) is 2.35. The Morgan fingerprint density at radius 1 is 1.65 bits per heavy atom. The summed E-state index contributed by atoms with van der Waals surface area (Å²) >= 11 is 6.36. The van der Waals surface area contributed by atoms with Crippen molar-refractivity contribution in [3.8, 4) is 0 Å². The second-order valence-corrected chi connectivity index (χ2v) is 5.13. The van der Waals surface area contributed by atoms with Crippen molar-refractivity contribution in [2.24, 2.45) is 0 Å². The van der Waals surface area contributed by atoms with Crippen LogP contribution in [-0.4, -0.2) is 46.7 Å². The van der Waals surface area contributed by atoms with Gasteiger partial charge in [-0.2, -0.15) is 0 Å². The summed E-state index contributed by atoms with van der Waals surface area (Å²) < 4.78 is 5.49. The zero-order valence-corrected chi connectivity index (χ0v) is 11.4. The molecule has 1 aliphatic heterocycles. The minimum Gasteiger partial charge on any atom is -0.450 e. The third kappa shape index (κ3) is 4.91. The molecule has 1 rings (SSSR count). The zero-order valence-electron chi connectivity index (χ0n) is 9.73. The number of alkyl carbamates (subject to hydrolysis) is 1. The van der Waals surface area contributed by atoms with Gasteiger partial charge >= 0.3 is 6.09 Å². The van der Waals surface area contributed by atoms with Crippen molar-refractivity contribution in [3.05, 3.63) is 0 Å². The van der Waals surface area contributed by atoms with Crippen LogP contribution >= 0.6 is 24.0 Å². The fourth-order valence-electron chi connectivity index (χ4n) is 1.23. The molecule has 96 valence electrons. The molecule has 0 aromatic carbocycles. The minimum atomic E-state index is -0.441. The van der Waals surface area contributed by atoms with E-state index in [4.69, 9.17) is 17.0 Å². The monoisotopic (exact) mass is 276 g/mol. The van der Waals surface area contributed by atoms with Crippen molar-refractivity contribution < 1.29 is 14.3 Å². The number of hydrogen-bond acceptors (Lipinski definition) is 5. The normalized spacial score (nSPS) is 15.2. The maximum atomic E-state index is 11.3. The first-order valence-corrected chi connectivity index (χ1v) is 6.92. The number of nitrogens with zero attached hydrogens (tertiary/aromatic N) is 1. The van der Waals surface area contributed by atoms with E-state index in [2.05, 4.69) is 5.32 Å². The highest BCUT2D eigenvalue weighted by molar-refractivity contribution is 8.23. The van der Waals surface area contributed by atoms with Gasteiger partial charge in [-0.1, -0.05) is 37.3 Å². The lowest BCUT2D eigenvalue weighted by atomic mass is 10.4. The molecule has 2 amide bonds. The summed E-state index contributed by atoms with van der Waals surface area (Å²) in [5.41, 5.74) is 0. The summed E-state index contributed by atoms with van der Waals surface area (Å²) in [4.78, 5) is 24.0. The van der Waals surface area contributed by atoms with Crippen LogP contribution in [0.1, 0.15) is 19.8 Å². The molecule has 0 aliphatic carbocycles. The number of rotatable bonds is 6. The number of thioether (sulfide) groups is 1. The van der Waals surface area contributed by atoms with Crippen LogP contribution in [0.5, 0.6) is 0 Å². The highest BCUT2D eigenvalue weighted by atomic mass is 32.2. The quantitative estimate of drug-likeness (QED) is 0.586. The van der Waals surface area contributed by atoms with Crippen LogP contribution in [0.2, 0.25) is 0 Å². The van der Waals surface area contributed by atoms with Gasteiger partial charge in [-0.05, 0) is 6.42 Å². The molecule has 7 heteroatoms. The molecule has 0 atom stereocenters. The molecular weight excluding hydrogens is 260 g/mol. The molecule has 0 aromatic heterocycles. The van der Waals surface area contributed by atoms with Crippen LogP contribution in [0, 0.1) is 0 Å². The van der Waals surface area contributed by atoms with Crippen LogP contribution in [0.25, 0.3) is 0 Å². The van der Waals surface area contributed by atoms with Gasteiger partial charge in [0.05, 0.1) is 12.4 Å². The average Bonchev–Trinajstić information content (AvgIpc) is 2.61. The van der Waals surface area contributed by atoms with Gasteiger partial charge in [0.1, 0.15) is 4.32 Å². The van der Waals surface area contributed by atoms with Crippen LogP contribution in [0.4, 0.5) is 4.79 Å². The molecule has 0 radical (unpaired) electrons. The minimum absolute atomic E-state index is 0.00107. The number of thiocarbonyl (C=S) groups is 1. The van der Waals surface area contributed by atoms with Gasteiger partial charge in [0.25, 0.3) is 0 Å². The number of unbranched alkanes of at least 4 members (excludes halogenated alkanes) is 1. The van der Waals surface area contributed by atoms with Crippen molar-refractivity contribution in [2.45, 2.75) is 19.8 Å². The van der Waals surface area contributed by atoms with Crippen molar-refractivity contribution in [2.75, 3.05) is 25.4 Å². The van der Waals surface area contributed by atoms with Gasteiger partial charge in [-0.3, -0.25) is 9.69 Å². The topological polar surface area (TPSA) is 58.6 Å². The van der Waals surface area contributed by atoms with Crippen LogP contribution in [0.3, 0.4) is 0 Å². The molecule has 0 unspecified atom stereocenters. The number of carbonyl (C=O) groups excluding carboxylic acids is 2. The molecule has 0 saturated carbocycles. The van der Waals surface area contributed by atoms with Crippen molar-refractivity contribution in [1.82, 2.24) is 10.2 Å². The Kier molecular flexibility index (Phi) is 6.28. The molecule has 0 bridgehead atoms. The summed E-state index contributed by atoms with van der Waals surface area (Å²) in [6.45, 7) is 3.23. The molecular formula is C10H16N2O3S2. The molecule has 0 spiro atoms. The van der Waals surface area contributed by atoms with Gasteiger partial charge < -0.3 is 10.1 Å². The Labute approximate surface area is 110 Å². The van der Waals surface area contributed by atoms with E-state index in [0.717, 1.165) is 12.8 Å². The Morgan fingerprint density at radius 3 is 3.00 bits per heavy atom. The first kappa shape index (κ1) is 14.2. The molecule has 1 N–H and O–H groups in total. The van der Waals surface area contributed by atoms with E-state index in [1.165, 1.54) is 16.7 Å². The summed E-state index contributed by atoms with van der Waals surface area (Å²) in [6, 6.07) is 0. The fraction of sp³-hybridized carbons (Fsp3) is 0.700. The van der Waals surface area contributed by atoms with E-state index in [-0.39, 0.29) is 5.91 Å². The summed E-state index contributed by atoms with van der Waals surface area (Å²) in [5.74, 6) is 0.404. The molecule has 1 aliphatic rings. The van der Waals surface area contributed by atoms with Gasteiger partial charge in [-0.25, -0.2) is 4.79 Å². The van der Waals surface area contributed by atoms with Crippen LogP contribution in [-0.2, 0) is 9.53 Å². The number of carbonyl (C=O) groups is 2. The smallest absolute Gasteiger partial charge is 0.407 e. The number of amides is 2. The predicted octanol–water partition coefficient (Wildman–Crippen LogP) is 1.37. The molecule has 1 saturated heterocycles. The Morgan fingerprint density at radius 2 is 2.41 bits per heavy atom. The van der Waals surface area contributed by atoms with E-state index in [9.17, 15) is 9.59 Å². The maximum Gasteiger partial charge on any atom is 0.407 e. The number of nitrogens with one attached hydrogen (secondary N) is 1. The second-order valence-electron chi connectivity index (χ2n) is 3.52. The molecule has 0 aromatic rings. The number of ether oxygens (including phenoxy) is 1. The lowest BCUT2D eigenvalue weighted by Crippen LogP contribution is -2.37. The van der Waals surface area contributed by atoms with Gasteiger partial charge in [0.2, 0.25) is 5.91 Å². The maximum absolute atomic E-state index is 11.3. The zero-order chi connectivity index (χ0) is 12.7. The second kappa shape index (κ2) is 7.50. The standard InChI is InChI=1S/C10H16N2O3S2/c1-2-3-6-15-9(14)11-4-5-12-8(13)7-17-10(12)16/h2-7H2,1H3,(H,11,14). The van der Waals surface area contributed by atoms with E-state index >= 15 is 0 Å². The van der Waals surface area contributed by atoms with E-state index < -0.39 is 6.09 Å². The van der Waals surface area contributed by atoms with Crippen LogP contribution in [0.15, 0.2) is 0 Å². The molecule has 1 fully saturated rings. The summed E-state index contributed by atoms with van der Waals surface area (Å²) in [5, 5.41) is 2.59. The van der Waals surface area contributed by atoms with E-state index in [1.807, 2.05) is 6.92 Å². The molecule has 1 heterocycles. The summed E-state index contributed by atoms with van der Waals surface area (Å²) in [6.07, 6.45) is 1.41. The van der Waals surface area contributed by atoms with Crippen molar-refractivity contribution in [1.29, 1.82) is 0 Å². The first-order valence-electron chi connectivity index (χ1n) is 5.53. The van der Waals surface area contributed by atoms with Crippen LogP contribution < -0.4 is 5.32 Å². The van der Waals surface area contributed by atoms with E-state index in [0.29, 0.717) is 29.8 Å². The highest BCUT2D eigenvalue weighted by Gasteiger charge is 2.25. The average molecular weight is 276 g/mol. The van der Waals surface area contributed by atoms with E-state index in [1.54, 1.807) is 0 Å². The summed E-state index contributed by atoms with van der Waals surface area (Å²) in [7, 11) is 0. The lowest BCUT2D eigenvalue weighted by Gasteiger charge is -2.14. The lowest BCUT2D eigenvalue weighted by molar-refractivity contribution is -0.123. The Hall–Kier alpha value is -0.820. The predicted molar refractivity (Wildman–Crippen MR) is 71.0 cm³/mol. The van der Waals surface area contributed by atoms with Gasteiger partial charge in [0.15, 0.2) is 0 Å². The van der Waals surface area contributed by atoms with Crippen molar-refractivity contribution >= 4 is 40.3 Å². The first-order chi connectivity index (χ1) is 8.15. The SMILES string of the molecule is CCCCOC(=O)NCCN1C(=O)CSC1=S. The molecule has 5 nitrogen and oxygen atoms in total.